The molecule has 258 valence electrons. The molecular formula is C38H51ClFNO6. The minimum absolute atomic E-state index is 0.0236. The molecule has 7 nitrogen and oxygen atoms in total. The van der Waals surface area contributed by atoms with Crippen molar-refractivity contribution in [2.24, 2.45) is 33.5 Å². The minimum atomic E-state index is -1.10. The summed E-state index contributed by atoms with van der Waals surface area (Å²) in [5.41, 5.74) is -2.03. The van der Waals surface area contributed by atoms with E-state index in [0.717, 1.165) is 44.9 Å². The first-order chi connectivity index (χ1) is 22.3. The highest BCUT2D eigenvalue weighted by Crippen LogP contribution is 2.78. The Hall–Kier alpha value is -1.65. The highest BCUT2D eigenvalue weighted by molar-refractivity contribution is 6.31. The number of aliphatic hydroxyl groups is 4. The molecule has 9 heteroatoms. The molecule has 1 aromatic rings. The molecule has 0 radical (unpaired) electrons. The van der Waals surface area contributed by atoms with Crippen LogP contribution in [0.2, 0.25) is 5.02 Å². The molecule has 0 aromatic heterocycles. The van der Waals surface area contributed by atoms with Crippen LogP contribution in [0.1, 0.15) is 77.2 Å². The molecule has 0 amide bonds. The van der Waals surface area contributed by atoms with Crippen LogP contribution in [0.4, 0.5) is 4.39 Å². The quantitative estimate of drug-likeness (QED) is 0.259. The van der Waals surface area contributed by atoms with Crippen LogP contribution < -0.4 is 0 Å². The molecule has 10 atom stereocenters. The SMILES string of the molecule is CC12CCC(O)CC13C=CC1(C(C(=O)Cc4c(F)cccc4Cl)=C3)C2CCC2(C)C1CCC2(O)CN(CC(O)CO)CC1CCCO1. The van der Waals surface area contributed by atoms with Gasteiger partial charge in [-0.3, -0.25) is 9.69 Å². The monoisotopic (exact) mass is 671 g/mol. The van der Waals surface area contributed by atoms with Crippen LogP contribution in [-0.4, -0.2) is 87.9 Å². The van der Waals surface area contributed by atoms with Crippen LogP contribution in [0.25, 0.3) is 0 Å². The van der Waals surface area contributed by atoms with Crippen molar-refractivity contribution >= 4 is 17.4 Å². The van der Waals surface area contributed by atoms with Crippen molar-refractivity contribution in [1.82, 2.24) is 4.90 Å². The molecule has 6 aliphatic carbocycles. The van der Waals surface area contributed by atoms with Gasteiger partial charge in [-0.25, -0.2) is 4.39 Å². The molecular weight excluding hydrogens is 621 g/mol. The average molecular weight is 672 g/mol. The van der Waals surface area contributed by atoms with E-state index in [4.69, 9.17) is 16.3 Å². The summed E-state index contributed by atoms with van der Waals surface area (Å²) in [4.78, 5) is 16.7. The fourth-order valence-corrected chi connectivity index (χ4v) is 11.8. The molecule has 8 rings (SSSR count). The fraction of sp³-hybridized carbons (Fsp3) is 0.711. The lowest BCUT2D eigenvalue weighted by molar-refractivity contribution is -0.180. The molecule has 2 bridgehead atoms. The smallest absolute Gasteiger partial charge is 0.164 e. The van der Waals surface area contributed by atoms with Crippen molar-refractivity contribution < 1.29 is 34.3 Å². The Balaban J connectivity index is 1.28. The number of hydrogen-bond acceptors (Lipinski definition) is 7. The maximum absolute atomic E-state index is 15.1. The van der Waals surface area contributed by atoms with Gasteiger partial charge < -0.3 is 25.2 Å². The van der Waals surface area contributed by atoms with Gasteiger partial charge in [-0.2, -0.15) is 0 Å². The second-order valence-corrected chi connectivity index (χ2v) is 16.7. The largest absolute Gasteiger partial charge is 0.394 e. The number of carbonyl (C=O) groups is 1. The molecule has 1 aromatic carbocycles. The number of rotatable bonds is 10. The van der Waals surface area contributed by atoms with Crippen LogP contribution in [0.5, 0.6) is 0 Å². The van der Waals surface area contributed by atoms with Gasteiger partial charge >= 0.3 is 0 Å². The summed E-state index contributed by atoms with van der Waals surface area (Å²) in [5, 5.41) is 44.2. The first-order valence-corrected chi connectivity index (χ1v) is 18.1. The molecule has 10 unspecified atom stereocenters. The van der Waals surface area contributed by atoms with E-state index in [0.29, 0.717) is 38.1 Å². The third-order valence-corrected chi connectivity index (χ3v) is 14.4. The molecule has 1 saturated heterocycles. The van der Waals surface area contributed by atoms with Gasteiger partial charge in [0.05, 0.1) is 30.5 Å². The molecule has 2 spiro atoms. The summed E-state index contributed by atoms with van der Waals surface area (Å²) in [7, 11) is 0. The van der Waals surface area contributed by atoms with Crippen LogP contribution >= 0.6 is 11.6 Å². The Morgan fingerprint density at radius 1 is 1.11 bits per heavy atom. The second kappa shape index (κ2) is 12.0. The summed E-state index contributed by atoms with van der Waals surface area (Å²) in [6, 6.07) is 4.51. The van der Waals surface area contributed by atoms with E-state index in [1.165, 1.54) is 6.07 Å². The number of Topliss-reactive ketones (excluding diaryl/α,β-unsaturated/α-hetero) is 1. The van der Waals surface area contributed by atoms with E-state index in [1.807, 2.05) is 0 Å². The number of benzene rings is 1. The average Bonchev–Trinajstić information content (AvgIpc) is 3.64. The Kier molecular flexibility index (Phi) is 8.63. The van der Waals surface area contributed by atoms with Crippen LogP contribution in [-0.2, 0) is 16.0 Å². The van der Waals surface area contributed by atoms with Crippen molar-refractivity contribution in [3.05, 3.63) is 58.4 Å². The van der Waals surface area contributed by atoms with Crippen molar-refractivity contribution in [2.75, 3.05) is 32.8 Å². The number of fused-ring (bicyclic) bond motifs is 1. The van der Waals surface area contributed by atoms with Crippen molar-refractivity contribution in [2.45, 2.75) is 102 Å². The van der Waals surface area contributed by atoms with E-state index in [1.54, 1.807) is 12.1 Å². The lowest BCUT2D eigenvalue weighted by atomic mass is 9.32. The first kappa shape index (κ1) is 33.8. The molecule has 47 heavy (non-hydrogen) atoms. The van der Waals surface area contributed by atoms with Crippen LogP contribution in [0, 0.1) is 39.3 Å². The van der Waals surface area contributed by atoms with Gasteiger partial charge in [0.25, 0.3) is 0 Å². The molecule has 1 heterocycles. The number of carbonyl (C=O) groups excluding carboxylic acids is 1. The summed E-state index contributed by atoms with van der Waals surface area (Å²) >= 11 is 6.44. The van der Waals surface area contributed by atoms with Crippen molar-refractivity contribution in [3.63, 3.8) is 0 Å². The van der Waals surface area contributed by atoms with Crippen molar-refractivity contribution in [1.29, 1.82) is 0 Å². The Morgan fingerprint density at radius 2 is 1.85 bits per heavy atom. The zero-order valence-electron chi connectivity index (χ0n) is 27.8. The van der Waals surface area contributed by atoms with Crippen LogP contribution in [0.3, 0.4) is 0 Å². The third kappa shape index (κ3) is 5.06. The molecule has 4 fully saturated rings. The summed E-state index contributed by atoms with van der Waals surface area (Å²) in [6.45, 7) is 6.04. The number of ketones is 1. The fourth-order valence-electron chi connectivity index (χ4n) is 11.6. The number of aliphatic hydroxyl groups excluding tert-OH is 3. The summed E-state index contributed by atoms with van der Waals surface area (Å²) in [6.07, 6.45) is 12.1. The van der Waals surface area contributed by atoms with Crippen LogP contribution in [0.15, 0.2) is 42.0 Å². The predicted molar refractivity (Wildman–Crippen MR) is 177 cm³/mol. The number of allylic oxidation sites excluding steroid dienone is 4. The number of hydrogen-bond donors (Lipinski definition) is 4. The highest BCUT2D eigenvalue weighted by Gasteiger charge is 2.74. The van der Waals surface area contributed by atoms with Gasteiger partial charge in [0.15, 0.2) is 5.78 Å². The molecule has 4 N–H and O–H groups in total. The van der Waals surface area contributed by atoms with Gasteiger partial charge in [0.1, 0.15) is 5.82 Å². The van der Waals surface area contributed by atoms with Crippen molar-refractivity contribution in [3.8, 4) is 0 Å². The standard InChI is InChI=1S/C38H51ClFNO6/c1-34-11-8-24(43)18-36(34)14-15-38(28(19-36)31(45)17-27-29(39)6-3-7-30(27)40)32(34)9-12-35(2)33(38)10-13-37(35,46)23-41(20-25(44)22-42)21-26-5-4-16-47-26/h3,6-7,14-15,19,24-26,32-33,42-44,46H,4-5,8-13,16-18,20-23H2,1-2H3. The maximum Gasteiger partial charge on any atom is 0.164 e. The normalized spacial score (nSPS) is 42.6. The van der Waals surface area contributed by atoms with E-state index in [2.05, 4.69) is 37.0 Å². The lowest BCUT2D eigenvalue weighted by Crippen LogP contribution is -2.67. The predicted octanol–water partition coefficient (Wildman–Crippen LogP) is 5.02. The number of halogens is 2. The molecule has 1 aliphatic heterocycles. The minimum Gasteiger partial charge on any atom is -0.394 e. The Bertz CT molecular complexity index is 1440. The van der Waals surface area contributed by atoms with Gasteiger partial charge in [0.2, 0.25) is 0 Å². The Labute approximate surface area is 282 Å². The van der Waals surface area contributed by atoms with Gasteiger partial charge in [-0.1, -0.05) is 49.7 Å². The van der Waals surface area contributed by atoms with Gasteiger partial charge in [-0.15, -0.1) is 0 Å². The first-order valence-electron chi connectivity index (χ1n) is 17.7. The summed E-state index contributed by atoms with van der Waals surface area (Å²) in [5.74, 6) is -0.547. The number of nitrogens with zero attached hydrogens (tertiary/aromatic N) is 1. The van der Waals surface area contributed by atoms with Gasteiger partial charge in [-0.05, 0) is 87.2 Å². The maximum atomic E-state index is 15.1. The topological polar surface area (TPSA) is 110 Å². The summed E-state index contributed by atoms with van der Waals surface area (Å²) < 4.78 is 21.0. The number of ether oxygens (including phenoxy) is 1. The van der Waals surface area contributed by atoms with E-state index in [9.17, 15) is 25.2 Å². The Morgan fingerprint density at radius 3 is 2.57 bits per heavy atom. The van der Waals surface area contributed by atoms with E-state index in [-0.39, 0.29) is 59.3 Å². The zero-order chi connectivity index (χ0) is 33.4. The van der Waals surface area contributed by atoms with Gasteiger partial charge in [0, 0.05) is 65.1 Å². The zero-order valence-corrected chi connectivity index (χ0v) is 28.5. The lowest BCUT2D eigenvalue weighted by Gasteiger charge is -2.71. The second-order valence-electron chi connectivity index (χ2n) is 16.3. The van der Waals surface area contributed by atoms with E-state index < -0.39 is 39.9 Å². The van der Waals surface area contributed by atoms with E-state index >= 15 is 4.39 Å². The molecule has 7 aliphatic rings. The third-order valence-electron chi connectivity index (χ3n) is 14.1. The molecule has 3 saturated carbocycles. The highest BCUT2D eigenvalue weighted by atomic mass is 35.5.